The fraction of sp³-hybridized carbons (Fsp3) is 0. The van der Waals surface area contributed by atoms with Gasteiger partial charge in [-0.05, 0) is 31.9 Å². The molecule has 0 fully saturated rings. The molecule has 0 aliphatic carbocycles. The molecule has 1 N–H and O–H groups in total. The molecule has 1 heterocycles. The molecule has 0 bridgehead atoms. The number of hydrogen-bond acceptors (Lipinski definition) is 2. The molecular formula is C6H4Br2O2. The van der Waals surface area contributed by atoms with Gasteiger partial charge in [-0.15, -0.1) is 0 Å². The number of furan rings is 1. The zero-order chi connectivity index (χ0) is 7.72. The van der Waals surface area contributed by atoms with Crippen LogP contribution in [0.1, 0.15) is 5.76 Å². The van der Waals surface area contributed by atoms with Gasteiger partial charge in [0.15, 0.2) is 16.2 Å². The van der Waals surface area contributed by atoms with Crippen LogP contribution in [-0.4, -0.2) is 5.11 Å². The fourth-order valence-electron chi connectivity index (χ4n) is 0.489. The van der Waals surface area contributed by atoms with Crippen LogP contribution in [0.5, 0.6) is 0 Å². The SMILES string of the molecule is C=C(O)c1cc(Br)c(Br)o1. The maximum absolute atomic E-state index is 8.83. The van der Waals surface area contributed by atoms with Gasteiger partial charge in [-0.2, -0.15) is 0 Å². The zero-order valence-corrected chi connectivity index (χ0v) is 8.07. The molecule has 10 heavy (non-hydrogen) atoms. The van der Waals surface area contributed by atoms with E-state index in [9.17, 15) is 0 Å². The molecule has 4 heteroatoms. The van der Waals surface area contributed by atoms with Crippen molar-refractivity contribution in [1.82, 2.24) is 0 Å². The minimum atomic E-state index is -0.0774. The highest BCUT2D eigenvalue weighted by atomic mass is 79.9. The molecule has 0 aromatic carbocycles. The lowest BCUT2D eigenvalue weighted by molar-refractivity contribution is 0.451. The molecule has 0 spiro atoms. The highest BCUT2D eigenvalue weighted by Gasteiger charge is 2.06. The first-order valence-electron chi connectivity index (χ1n) is 2.44. The summed E-state index contributed by atoms with van der Waals surface area (Å²) in [6.07, 6.45) is 0. The number of rotatable bonds is 1. The Bertz CT molecular complexity index is 245. The van der Waals surface area contributed by atoms with Crippen LogP contribution in [0.2, 0.25) is 0 Å². The van der Waals surface area contributed by atoms with Crippen molar-refractivity contribution in [2.75, 3.05) is 0 Å². The van der Waals surface area contributed by atoms with Crippen LogP contribution in [0, 0.1) is 0 Å². The second-order valence-electron chi connectivity index (χ2n) is 1.68. The third kappa shape index (κ3) is 1.44. The second kappa shape index (κ2) is 2.80. The highest BCUT2D eigenvalue weighted by molar-refractivity contribution is 9.13. The molecule has 0 radical (unpaired) electrons. The summed E-state index contributed by atoms with van der Waals surface area (Å²) >= 11 is 6.31. The summed E-state index contributed by atoms with van der Waals surface area (Å²) in [5, 5.41) is 8.83. The average molecular weight is 268 g/mol. The van der Waals surface area contributed by atoms with E-state index in [1.807, 2.05) is 0 Å². The zero-order valence-electron chi connectivity index (χ0n) is 4.90. The third-order valence-corrected chi connectivity index (χ3v) is 2.64. The van der Waals surface area contributed by atoms with Crippen LogP contribution < -0.4 is 0 Å². The number of hydrogen-bond donors (Lipinski definition) is 1. The smallest absolute Gasteiger partial charge is 0.184 e. The Balaban J connectivity index is 3.10. The van der Waals surface area contributed by atoms with Gasteiger partial charge in [0.05, 0.1) is 4.47 Å². The topological polar surface area (TPSA) is 33.4 Å². The first-order chi connectivity index (χ1) is 4.61. The van der Waals surface area contributed by atoms with Crippen molar-refractivity contribution in [1.29, 1.82) is 0 Å². The van der Waals surface area contributed by atoms with Crippen LogP contribution in [0.25, 0.3) is 5.76 Å². The quantitative estimate of drug-likeness (QED) is 0.792. The normalized spacial score (nSPS) is 9.80. The Morgan fingerprint density at radius 1 is 1.60 bits per heavy atom. The van der Waals surface area contributed by atoms with E-state index in [1.165, 1.54) is 0 Å². The monoisotopic (exact) mass is 266 g/mol. The molecule has 0 atom stereocenters. The van der Waals surface area contributed by atoms with Crippen LogP contribution in [-0.2, 0) is 0 Å². The highest BCUT2D eigenvalue weighted by Crippen LogP contribution is 2.28. The van der Waals surface area contributed by atoms with Crippen molar-refractivity contribution in [3.8, 4) is 0 Å². The van der Waals surface area contributed by atoms with Crippen molar-refractivity contribution in [2.24, 2.45) is 0 Å². The largest absolute Gasteiger partial charge is 0.505 e. The number of aliphatic hydroxyl groups is 1. The van der Waals surface area contributed by atoms with Gasteiger partial charge in [0, 0.05) is 6.07 Å². The number of halogens is 2. The Hall–Kier alpha value is -0.220. The van der Waals surface area contributed by atoms with Gasteiger partial charge in [-0.25, -0.2) is 0 Å². The predicted molar refractivity (Wildman–Crippen MR) is 45.8 cm³/mol. The fourth-order valence-corrected chi connectivity index (χ4v) is 1.07. The van der Waals surface area contributed by atoms with Crippen LogP contribution in [0.3, 0.4) is 0 Å². The minimum absolute atomic E-state index is 0.0774. The van der Waals surface area contributed by atoms with Gasteiger partial charge >= 0.3 is 0 Å². The van der Waals surface area contributed by atoms with Crippen molar-refractivity contribution >= 4 is 37.6 Å². The van der Waals surface area contributed by atoms with E-state index in [4.69, 9.17) is 9.52 Å². The molecule has 0 aliphatic rings. The molecule has 1 aromatic heterocycles. The van der Waals surface area contributed by atoms with Crippen LogP contribution >= 0.6 is 31.9 Å². The van der Waals surface area contributed by atoms with Crippen molar-refractivity contribution in [3.63, 3.8) is 0 Å². The predicted octanol–water partition coefficient (Wildman–Crippen LogP) is 3.33. The summed E-state index contributed by atoms with van der Waals surface area (Å²) < 4.78 is 6.31. The Kier molecular flexibility index (Phi) is 2.21. The van der Waals surface area contributed by atoms with Gasteiger partial charge in [0.25, 0.3) is 0 Å². The molecule has 0 unspecified atom stereocenters. The summed E-state index contributed by atoms with van der Waals surface area (Å²) in [4.78, 5) is 0. The van der Waals surface area contributed by atoms with E-state index in [2.05, 4.69) is 38.4 Å². The van der Waals surface area contributed by atoms with Crippen molar-refractivity contribution < 1.29 is 9.52 Å². The van der Waals surface area contributed by atoms with E-state index < -0.39 is 0 Å². The summed E-state index contributed by atoms with van der Waals surface area (Å²) in [6, 6.07) is 1.63. The summed E-state index contributed by atoms with van der Waals surface area (Å²) in [6.45, 7) is 3.30. The van der Waals surface area contributed by atoms with Gasteiger partial charge in [0.2, 0.25) is 0 Å². The van der Waals surface area contributed by atoms with Gasteiger partial charge in [-0.1, -0.05) is 6.58 Å². The van der Waals surface area contributed by atoms with Crippen molar-refractivity contribution in [2.45, 2.75) is 0 Å². The summed E-state index contributed by atoms with van der Waals surface area (Å²) in [5.74, 6) is 0.283. The second-order valence-corrected chi connectivity index (χ2v) is 3.25. The van der Waals surface area contributed by atoms with Crippen LogP contribution in [0.4, 0.5) is 0 Å². The molecule has 1 aromatic rings. The maximum Gasteiger partial charge on any atom is 0.184 e. The molecular weight excluding hydrogens is 264 g/mol. The van der Waals surface area contributed by atoms with Gasteiger partial charge < -0.3 is 9.52 Å². The van der Waals surface area contributed by atoms with E-state index in [-0.39, 0.29) is 5.76 Å². The molecule has 1 rings (SSSR count). The van der Waals surface area contributed by atoms with Crippen LogP contribution in [0.15, 0.2) is 26.2 Å². The Labute approximate surface area is 74.8 Å². The molecule has 0 saturated heterocycles. The van der Waals surface area contributed by atoms with E-state index in [0.717, 1.165) is 4.47 Å². The first kappa shape index (κ1) is 7.88. The lowest BCUT2D eigenvalue weighted by Gasteiger charge is -1.86. The van der Waals surface area contributed by atoms with Gasteiger partial charge in [0.1, 0.15) is 0 Å². The minimum Gasteiger partial charge on any atom is -0.505 e. The third-order valence-electron chi connectivity index (χ3n) is 0.930. The maximum atomic E-state index is 8.83. The van der Waals surface area contributed by atoms with E-state index in [0.29, 0.717) is 10.4 Å². The molecule has 2 nitrogen and oxygen atoms in total. The molecule has 0 amide bonds. The van der Waals surface area contributed by atoms with E-state index >= 15 is 0 Å². The molecule has 54 valence electrons. The lowest BCUT2D eigenvalue weighted by atomic mass is 10.4. The lowest BCUT2D eigenvalue weighted by Crippen LogP contribution is -1.71. The number of aliphatic hydroxyl groups excluding tert-OH is 1. The summed E-state index contributed by atoms with van der Waals surface area (Å²) in [7, 11) is 0. The average Bonchev–Trinajstić information content (AvgIpc) is 2.13. The molecule has 0 aliphatic heterocycles. The Morgan fingerprint density at radius 2 is 2.20 bits per heavy atom. The Morgan fingerprint density at radius 3 is 2.40 bits per heavy atom. The molecule has 0 saturated carbocycles. The van der Waals surface area contributed by atoms with E-state index in [1.54, 1.807) is 6.07 Å². The van der Waals surface area contributed by atoms with Gasteiger partial charge in [-0.3, -0.25) is 0 Å². The first-order valence-corrected chi connectivity index (χ1v) is 4.03. The summed E-state index contributed by atoms with van der Waals surface area (Å²) in [5.41, 5.74) is 0. The van der Waals surface area contributed by atoms with Crippen molar-refractivity contribution in [3.05, 3.63) is 27.5 Å². The standard InChI is InChI=1S/C6H4Br2O2/c1-3(9)5-2-4(7)6(8)10-5/h2,9H,1H2.